The average Bonchev–Trinajstić information content (AvgIpc) is 2.45. The van der Waals surface area contributed by atoms with E-state index in [1.54, 1.807) is 0 Å². The number of H-pyrrole nitrogens is 1. The number of nitrogens with one attached hydrogen (secondary N) is 2. The summed E-state index contributed by atoms with van der Waals surface area (Å²) >= 11 is 6.25. The number of rotatable bonds is 5. The molecule has 0 aliphatic rings. The number of hydrogen-bond acceptors (Lipinski definition) is 6. The van der Waals surface area contributed by atoms with Gasteiger partial charge in [-0.05, 0) is 12.3 Å². The number of hydrogen-bond donors (Lipinski definition) is 4. The third kappa shape index (κ3) is 3.78. The van der Waals surface area contributed by atoms with Gasteiger partial charge >= 0.3 is 0 Å². The summed E-state index contributed by atoms with van der Waals surface area (Å²) in [6, 6.07) is 1.48. The van der Waals surface area contributed by atoms with Crippen LogP contribution in [0.1, 0.15) is 29.9 Å². The van der Waals surface area contributed by atoms with Crippen molar-refractivity contribution in [3.05, 3.63) is 39.0 Å². The second-order valence-corrected chi connectivity index (χ2v) is 5.79. The van der Waals surface area contributed by atoms with E-state index in [9.17, 15) is 9.59 Å². The van der Waals surface area contributed by atoms with E-state index in [0.29, 0.717) is 17.8 Å². The summed E-state index contributed by atoms with van der Waals surface area (Å²) in [5.41, 5.74) is 10.9. The largest absolute Gasteiger partial charge is 0.384 e. The third-order valence-electron chi connectivity index (χ3n) is 3.05. The molecule has 0 aliphatic carbocycles. The van der Waals surface area contributed by atoms with E-state index in [-0.39, 0.29) is 28.1 Å². The van der Waals surface area contributed by atoms with Gasteiger partial charge in [0.2, 0.25) is 0 Å². The van der Waals surface area contributed by atoms with E-state index in [1.165, 1.54) is 12.4 Å². The van der Waals surface area contributed by atoms with Crippen molar-refractivity contribution < 1.29 is 4.79 Å². The summed E-state index contributed by atoms with van der Waals surface area (Å²) in [4.78, 5) is 33.9. The Kier molecular flexibility index (Phi) is 4.85. The molecule has 0 bridgehead atoms. The molecule has 2 heterocycles. The Morgan fingerprint density at radius 2 is 2.13 bits per heavy atom. The van der Waals surface area contributed by atoms with E-state index in [2.05, 4.69) is 20.3 Å². The van der Waals surface area contributed by atoms with Gasteiger partial charge in [-0.1, -0.05) is 25.4 Å². The molecule has 0 aromatic carbocycles. The van der Waals surface area contributed by atoms with E-state index in [1.807, 2.05) is 13.8 Å². The Morgan fingerprint density at radius 3 is 2.70 bits per heavy atom. The number of anilines is 3. The van der Waals surface area contributed by atoms with E-state index in [4.69, 9.17) is 23.1 Å². The van der Waals surface area contributed by atoms with E-state index < -0.39 is 11.5 Å². The zero-order chi connectivity index (χ0) is 17.1. The van der Waals surface area contributed by atoms with Crippen LogP contribution >= 0.6 is 11.6 Å². The fraction of sp³-hybridized carbons (Fsp3) is 0.286. The molecule has 0 aliphatic heterocycles. The summed E-state index contributed by atoms with van der Waals surface area (Å²) in [5, 5.41) is 3.00. The highest BCUT2D eigenvalue weighted by Crippen LogP contribution is 2.28. The van der Waals surface area contributed by atoms with Crippen LogP contribution in [0.15, 0.2) is 17.2 Å². The van der Waals surface area contributed by atoms with Gasteiger partial charge in [-0.15, -0.1) is 0 Å². The number of aromatic nitrogens is 3. The van der Waals surface area contributed by atoms with Gasteiger partial charge in [0.05, 0.1) is 5.02 Å². The van der Waals surface area contributed by atoms with Gasteiger partial charge in [0.1, 0.15) is 29.3 Å². The maximum atomic E-state index is 12.3. The Balaban J connectivity index is 2.59. The number of amides is 1. The second kappa shape index (κ2) is 6.66. The van der Waals surface area contributed by atoms with Crippen LogP contribution in [0.5, 0.6) is 0 Å². The predicted molar refractivity (Wildman–Crippen MR) is 88.9 cm³/mol. The fourth-order valence-corrected chi connectivity index (χ4v) is 2.41. The molecule has 0 atom stereocenters. The highest BCUT2D eigenvalue weighted by molar-refractivity contribution is 6.34. The minimum absolute atomic E-state index is 0.111. The lowest BCUT2D eigenvalue weighted by Crippen LogP contribution is -2.24. The Bertz CT molecular complexity index is 802. The van der Waals surface area contributed by atoms with Crippen LogP contribution in [0.25, 0.3) is 0 Å². The van der Waals surface area contributed by atoms with Gasteiger partial charge in [0.15, 0.2) is 0 Å². The minimum Gasteiger partial charge on any atom is -0.384 e. The number of primary amides is 1. The molecular formula is C14H17ClN6O2. The minimum atomic E-state index is -0.796. The average molecular weight is 337 g/mol. The highest BCUT2D eigenvalue weighted by Gasteiger charge is 2.20. The first-order valence-electron chi connectivity index (χ1n) is 6.88. The van der Waals surface area contributed by atoms with Crippen LogP contribution < -0.4 is 22.3 Å². The molecule has 1 amide bonds. The molecule has 0 spiro atoms. The Hall–Kier alpha value is -2.61. The van der Waals surface area contributed by atoms with Crippen molar-refractivity contribution in [3.63, 3.8) is 0 Å². The van der Waals surface area contributed by atoms with Gasteiger partial charge in [0, 0.05) is 11.6 Å². The zero-order valence-electron chi connectivity index (χ0n) is 12.7. The number of carbonyl (C=O) groups excluding carboxylic acids is 1. The van der Waals surface area contributed by atoms with Crippen LogP contribution in [0.4, 0.5) is 17.3 Å². The maximum absolute atomic E-state index is 12.3. The number of nitrogen functional groups attached to an aromatic ring is 1. The third-order valence-corrected chi connectivity index (χ3v) is 3.47. The molecule has 0 fully saturated rings. The first-order valence-corrected chi connectivity index (χ1v) is 7.26. The fourth-order valence-electron chi connectivity index (χ4n) is 2.10. The standard InChI is InChI=1S/C14H17ClN6O2/c1-6(2)3-7-10(15)12(13(17)22)21-14(23)11(7)20-9-4-8(16)18-5-19-9/h4-6H,3H2,1-2H3,(H2,17,22)(H,21,23)(H3,16,18,19,20). The highest BCUT2D eigenvalue weighted by atomic mass is 35.5. The normalized spacial score (nSPS) is 10.8. The lowest BCUT2D eigenvalue weighted by Gasteiger charge is -2.15. The van der Waals surface area contributed by atoms with Crippen molar-refractivity contribution in [1.29, 1.82) is 0 Å². The molecule has 0 radical (unpaired) electrons. The molecule has 2 rings (SSSR count). The van der Waals surface area contributed by atoms with Crippen molar-refractivity contribution in [1.82, 2.24) is 15.0 Å². The predicted octanol–water partition coefficient (Wildman–Crippen LogP) is 1.44. The van der Waals surface area contributed by atoms with Gasteiger partial charge < -0.3 is 21.8 Å². The number of nitrogens with two attached hydrogens (primary N) is 2. The van der Waals surface area contributed by atoms with Crippen molar-refractivity contribution in [2.75, 3.05) is 11.1 Å². The van der Waals surface area contributed by atoms with Crippen LogP contribution in [-0.2, 0) is 6.42 Å². The lowest BCUT2D eigenvalue weighted by molar-refractivity contribution is 0.0995. The number of pyridine rings is 1. The quantitative estimate of drug-likeness (QED) is 0.651. The van der Waals surface area contributed by atoms with Crippen molar-refractivity contribution >= 4 is 34.8 Å². The Morgan fingerprint density at radius 1 is 1.43 bits per heavy atom. The van der Waals surface area contributed by atoms with Gasteiger partial charge in [0.25, 0.3) is 11.5 Å². The summed E-state index contributed by atoms with van der Waals surface area (Å²) in [6.45, 7) is 3.93. The second-order valence-electron chi connectivity index (χ2n) is 5.41. The van der Waals surface area contributed by atoms with Crippen molar-refractivity contribution in [2.45, 2.75) is 20.3 Å². The lowest BCUT2D eigenvalue weighted by atomic mass is 10.0. The summed E-state index contributed by atoms with van der Waals surface area (Å²) < 4.78 is 0. The topological polar surface area (TPSA) is 140 Å². The van der Waals surface area contributed by atoms with Gasteiger partial charge in [-0.25, -0.2) is 9.97 Å². The SMILES string of the molecule is CC(C)Cc1c(Cl)c(C(N)=O)[nH]c(=O)c1Nc1cc(N)ncn1. The van der Waals surface area contributed by atoms with Crippen molar-refractivity contribution in [3.8, 4) is 0 Å². The molecule has 8 nitrogen and oxygen atoms in total. The first kappa shape index (κ1) is 16.8. The van der Waals surface area contributed by atoms with E-state index >= 15 is 0 Å². The van der Waals surface area contributed by atoms with Crippen molar-refractivity contribution in [2.24, 2.45) is 11.7 Å². The smallest absolute Gasteiger partial charge is 0.272 e. The number of nitrogens with zero attached hydrogens (tertiary/aromatic N) is 2. The molecule has 0 saturated heterocycles. The van der Waals surface area contributed by atoms with Crippen LogP contribution in [0.2, 0.25) is 5.02 Å². The molecule has 122 valence electrons. The van der Waals surface area contributed by atoms with Crippen LogP contribution in [0.3, 0.4) is 0 Å². The molecule has 0 unspecified atom stereocenters. The summed E-state index contributed by atoms with van der Waals surface area (Å²) in [6.07, 6.45) is 1.75. The molecular weight excluding hydrogens is 320 g/mol. The van der Waals surface area contributed by atoms with E-state index in [0.717, 1.165) is 0 Å². The molecule has 6 N–H and O–H groups in total. The first-order chi connectivity index (χ1) is 10.8. The van der Waals surface area contributed by atoms with Crippen LogP contribution in [0, 0.1) is 5.92 Å². The summed E-state index contributed by atoms with van der Waals surface area (Å²) in [7, 11) is 0. The monoisotopic (exact) mass is 336 g/mol. The number of carbonyl (C=O) groups is 1. The molecule has 2 aromatic rings. The number of halogens is 1. The number of aromatic amines is 1. The summed E-state index contributed by atoms with van der Waals surface area (Å²) in [5.74, 6) is 0.000992. The molecule has 0 saturated carbocycles. The van der Waals surface area contributed by atoms with Crippen LogP contribution in [-0.4, -0.2) is 20.9 Å². The van der Waals surface area contributed by atoms with Gasteiger partial charge in [-0.3, -0.25) is 9.59 Å². The molecule has 23 heavy (non-hydrogen) atoms. The van der Waals surface area contributed by atoms with Gasteiger partial charge in [-0.2, -0.15) is 0 Å². The molecule has 2 aromatic heterocycles. The maximum Gasteiger partial charge on any atom is 0.272 e. The Labute approximate surface area is 137 Å². The zero-order valence-corrected chi connectivity index (χ0v) is 13.4. The molecule has 9 heteroatoms.